The highest BCUT2D eigenvalue weighted by molar-refractivity contribution is 6.90. The first-order valence-electron chi connectivity index (χ1n) is 28.0. The summed E-state index contributed by atoms with van der Waals surface area (Å²) in [4.78, 5) is 131. The van der Waals surface area contributed by atoms with E-state index in [1.807, 2.05) is 41.5 Å². The first kappa shape index (κ1) is 67.2. The number of halogens is 1. The summed E-state index contributed by atoms with van der Waals surface area (Å²) in [5.74, 6) is -7.38. The number of hydrogen-bond donors (Lipinski definition) is 8. The number of aromatic nitrogens is 1. The van der Waals surface area contributed by atoms with E-state index in [0.717, 1.165) is 0 Å². The summed E-state index contributed by atoms with van der Waals surface area (Å²) >= 11 is 0. The van der Waals surface area contributed by atoms with Crippen LogP contribution in [0.25, 0.3) is 15.7 Å². The number of aliphatic carboxylic acids is 4. The molecule has 5 rings (SSSR count). The van der Waals surface area contributed by atoms with Crippen LogP contribution in [0, 0.1) is 6.57 Å². The van der Waals surface area contributed by atoms with Gasteiger partial charge in [0.1, 0.15) is 17.8 Å². The van der Waals surface area contributed by atoms with Crippen LogP contribution in [0.15, 0.2) is 54.7 Å². The molecule has 2 aliphatic heterocycles. The van der Waals surface area contributed by atoms with E-state index in [4.69, 9.17) is 11.3 Å². The molecule has 2 aromatic carbocycles. The van der Waals surface area contributed by atoms with Crippen molar-refractivity contribution >= 4 is 77.9 Å². The van der Waals surface area contributed by atoms with Crippen molar-refractivity contribution in [3.8, 4) is 5.75 Å². The Hall–Kier alpha value is -7.64. The fourth-order valence-electron chi connectivity index (χ4n) is 10.8. The second kappa shape index (κ2) is 30.8. The molecule has 25 nitrogen and oxygen atoms in total. The number of benzene rings is 2. The molecule has 84 heavy (non-hydrogen) atoms. The molecule has 2 saturated heterocycles. The monoisotopic (exact) mass is 1190 g/mol. The van der Waals surface area contributed by atoms with Gasteiger partial charge in [0.15, 0.2) is 0 Å². The van der Waals surface area contributed by atoms with Crippen LogP contribution in [0.1, 0.15) is 94.4 Å². The summed E-state index contributed by atoms with van der Waals surface area (Å²) in [6.45, 7) is 17.5. The van der Waals surface area contributed by atoms with E-state index in [2.05, 4.69) is 31.1 Å². The lowest BCUT2D eigenvalue weighted by atomic mass is 10.1. The van der Waals surface area contributed by atoms with Crippen LogP contribution in [-0.4, -0.2) is 235 Å². The average molecular weight is 1190 g/mol. The van der Waals surface area contributed by atoms with E-state index < -0.39 is 110 Å². The third-order valence-electron chi connectivity index (χ3n) is 15.0. The number of likely N-dealkylation sites (tertiary alicyclic amines) is 1. The van der Waals surface area contributed by atoms with Gasteiger partial charge in [0.25, 0.3) is 20.2 Å². The van der Waals surface area contributed by atoms with Crippen molar-refractivity contribution < 1.29 is 72.4 Å². The normalized spacial score (nSPS) is 17.1. The molecule has 5 amide bonds. The van der Waals surface area contributed by atoms with Gasteiger partial charge in [-0.3, -0.25) is 77.5 Å². The van der Waals surface area contributed by atoms with Crippen LogP contribution in [0.5, 0.6) is 5.75 Å². The minimum atomic E-state index is -3.68. The molecule has 3 atom stereocenters. The zero-order valence-corrected chi connectivity index (χ0v) is 49.7. The molecule has 2 aliphatic rings. The SMILES string of the molecule is [C-]#[N+][C@@H]1CCCN1C(=O)CNC(=O)c1ccnc2ccc(OCCCNC(=O)C(CNC(=O)c3ccc([Si](F)(C(C)(C)C)C(C)(C)C)cc3)NC(=O)CCC(C(=O)O)N3CCN(CC(=O)O)CCN(CC(=O)O)CCN(CC(=O)O)CC3)cc12. The highest BCUT2D eigenvalue weighted by Gasteiger charge is 2.56. The number of fused-ring (bicyclic) bond motifs is 1. The molecule has 0 aliphatic carbocycles. The summed E-state index contributed by atoms with van der Waals surface area (Å²) in [7, 11) is -3.68. The molecule has 0 spiro atoms. The smallest absolute Gasteiger partial charge is 0.320 e. The molecule has 3 heterocycles. The van der Waals surface area contributed by atoms with Crippen molar-refractivity contribution in [3.63, 3.8) is 0 Å². The second-order valence-corrected chi connectivity index (χ2v) is 28.0. The number of ether oxygens (including phenoxy) is 1. The minimum absolute atomic E-state index is 0.0185. The van der Waals surface area contributed by atoms with E-state index in [1.165, 1.54) is 44.0 Å². The maximum Gasteiger partial charge on any atom is 0.320 e. The standard InChI is InChI=1S/C57H80FN11O14Si/c1-56(2,3)84(58,57(4,5)6)40-14-11-38(12-15-40)52(78)62-33-44(54(80)61-20-9-31-83-39-13-16-43-42(32-39)41(19-21-60-43)53(79)63-34-48(71)69-22-8-10-46(69)59-7)64-47(70)18-17-45(55(81)82)68-29-27-66(36-50(74)75)25-23-65(35-49(72)73)24-26-67(28-30-68)37-51(76)77/h11-16,19,21,32,44-46H,8-10,17-18,20,22-31,33-37H2,1-6H3,(H,61,80)(H,62,78)(H,63,79)(H,64,70)(H,72,73)(H,74,75)(H,76,77)(H,81,82)/t44?,45?,46-/m0/s1. The molecule has 27 heteroatoms. The quantitative estimate of drug-likeness (QED) is 0.0261. The van der Waals surface area contributed by atoms with Gasteiger partial charge in [-0.15, -0.1) is 0 Å². The minimum Gasteiger partial charge on any atom is -0.494 e. The third kappa shape index (κ3) is 19.2. The zero-order chi connectivity index (χ0) is 61.9. The number of pyridine rings is 1. The van der Waals surface area contributed by atoms with Crippen LogP contribution in [0.3, 0.4) is 0 Å². The van der Waals surface area contributed by atoms with Gasteiger partial charge >= 0.3 is 30.0 Å². The van der Waals surface area contributed by atoms with E-state index >= 15 is 4.11 Å². The Balaban J connectivity index is 1.28. The number of hydrogen-bond acceptors (Lipinski definition) is 15. The molecule has 0 bridgehead atoms. The Morgan fingerprint density at radius 3 is 1.86 bits per heavy atom. The third-order valence-corrected chi connectivity index (χ3v) is 20.2. The summed E-state index contributed by atoms with van der Waals surface area (Å²) in [5, 5.41) is 49.7. The van der Waals surface area contributed by atoms with Crippen molar-refractivity contribution in [2.45, 2.75) is 102 Å². The summed E-state index contributed by atoms with van der Waals surface area (Å²) in [6, 6.07) is 9.91. The maximum atomic E-state index is 17.1. The number of carboxylic acids is 4. The second-order valence-electron chi connectivity index (χ2n) is 23.1. The van der Waals surface area contributed by atoms with Crippen LogP contribution >= 0.6 is 0 Å². The number of nitrogens with zero attached hydrogens (tertiary/aromatic N) is 7. The number of carbonyl (C=O) groups is 9. The predicted molar refractivity (Wildman–Crippen MR) is 310 cm³/mol. The Morgan fingerprint density at radius 1 is 0.750 bits per heavy atom. The highest BCUT2D eigenvalue weighted by atomic mass is 28.4. The first-order valence-corrected chi connectivity index (χ1v) is 29.9. The summed E-state index contributed by atoms with van der Waals surface area (Å²) in [6.07, 6.45) is 1.69. The lowest BCUT2D eigenvalue weighted by Gasteiger charge is -2.44. The van der Waals surface area contributed by atoms with Crippen molar-refractivity contribution in [1.82, 2.24) is 50.8 Å². The maximum absolute atomic E-state index is 17.1. The molecular weight excluding hydrogens is 1110 g/mol. The molecular formula is C57H80FN11O14Si. The van der Waals surface area contributed by atoms with Gasteiger partial charge in [0, 0.05) is 102 Å². The van der Waals surface area contributed by atoms with Crippen LogP contribution in [0.4, 0.5) is 4.11 Å². The topological polar surface area (TPSA) is 325 Å². The van der Waals surface area contributed by atoms with Crippen LogP contribution in [-0.2, 0) is 33.6 Å². The average Bonchev–Trinajstić information content (AvgIpc) is 1.40. The summed E-state index contributed by atoms with van der Waals surface area (Å²) < 4.78 is 23.1. The molecule has 8 N–H and O–H groups in total. The molecule has 2 unspecified atom stereocenters. The molecule has 0 saturated carbocycles. The van der Waals surface area contributed by atoms with Crippen molar-refractivity contribution in [2.75, 3.05) is 105 Å². The lowest BCUT2D eigenvalue weighted by molar-refractivity contribution is -0.145. The highest BCUT2D eigenvalue weighted by Crippen LogP contribution is 2.51. The number of rotatable bonds is 25. The Bertz CT molecular complexity index is 2830. The van der Waals surface area contributed by atoms with Gasteiger partial charge in [0.2, 0.25) is 17.7 Å². The number of carboxylic acid groups (broad SMARTS) is 4. The van der Waals surface area contributed by atoms with Gasteiger partial charge in [-0.1, -0.05) is 53.7 Å². The van der Waals surface area contributed by atoms with E-state index in [-0.39, 0.29) is 108 Å². The lowest BCUT2D eigenvalue weighted by Crippen LogP contribution is -2.57. The van der Waals surface area contributed by atoms with Crippen molar-refractivity contribution in [1.29, 1.82) is 0 Å². The number of amides is 5. The molecule has 3 aromatic rings. The fraction of sp³-hybridized carbons (Fsp3) is 0.561. The van der Waals surface area contributed by atoms with E-state index in [0.29, 0.717) is 41.2 Å². The Morgan fingerprint density at radius 2 is 1.32 bits per heavy atom. The molecule has 0 radical (unpaired) electrons. The van der Waals surface area contributed by atoms with Crippen LogP contribution in [0.2, 0.25) is 10.1 Å². The van der Waals surface area contributed by atoms with E-state index in [9.17, 15) is 63.6 Å². The predicted octanol–water partition coefficient (Wildman–Crippen LogP) is 2.06. The molecule has 458 valence electrons. The fourth-order valence-corrected chi connectivity index (χ4v) is 15.4. The van der Waals surface area contributed by atoms with Gasteiger partial charge in [0.05, 0.1) is 43.9 Å². The van der Waals surface area contributed by atoms with Crippen molar-refractivity contribution in [2.24, 2.45) is 0 Å². The largest absolute Gasteiger partial charge is 0.494 e. The van der Waals surface area contributed by atoms with E-state index in [1.54, 1.807) is 35.2 Å². The van der Waals surface area contributed by atoms with Crippen LogP contribution < -0.4 is 31.2 Å². The number of carbonyl (C=O) groups excluding carboxylic acids is 5. The van der Waals surface area contributed by atoms with Gasteiger partial charge in [-0.2, -0.15) is 0 Å². The molecule has 2 fully saturated rings. The molecule has 1 aromatic heterocycles. The zero-order valence-electron chi connectivity index (χ0n) is 48.7. The summed E-state index contributed by atoms with van der Waals surface area (Å²) in [5.41, 5.74) is 0.890. The first-order chi connectivity index (χ1) is 39.6. The van der Waals surface area contributed by atoms with Crippen molar-refractivity contribution in [3.05, 3.63) is 77.3 Å². The number of nitrogens with one attached hydrogen (secondary N) is 4. The van der Waals surface area contributed by atoms with Gasteiger partial charge < -0.3 is 50.5 Å². The van der Waals surface area contributed by atoms with Gasteiger partial charge in [-0.25, -0.2) is 6.57 Å². The van der Waals surface area contributed by atoms with Gasteiger partial charge in [-0.05, 0) is 70.9 Å². The Kier molecular flexibility index (Phi) is 24.6. The Labute approximate surface area is 489 Å².